The Morgan fingerprint density at radius 1 is 1.06 bits per heavy atom. The first-order chi connectivity index (χ1) is 15.9. The zero-order chi connectivity index (χ0) is 23.3. The minimum Gasteiger partial charge on any atom is -0.493 e. The van der Waals surface area contributed by atoms with Crippen LogP contribution in [-0.4, -0.2) is 59.9 Å². The van der Waals surface area contributed by atoms with Crippen molar-refractivity contribution in [2.24, 2.45) is 5.92 Å². The van der Waals surface area contributed by atoms with E-state index in [1.54, 1.807) is 24.0 Å². The summed E-state index contributed by atoms with van der Waals surface area (Å²) in [5, 5.41) is 1.08. The number of aromatic amines is 1. The number of fused-ring (bicyclic) bond motifs is 4. The first-order valence-corrected chi connectivity index (χ1v) is 11.3. The summed E-state index contributed by atoms with van der Waals surface area (Å²) in [6.07, 6.45) is 0.487. The fourth-order valence-electron chi connectivity index (χ4n) is 5.37. The number of methoxy groups -OCH3 is 2. The summed E-state index contributed by atoms with van der Waals surface area (Å²) in [5.74, 6) is 1.40. The van der Waals surface area contributed by atoms with Crippen molar-refractivity contribution in [2.45, 2.75) is 32.4 Å². The average molecular weight is 448 g/mol. The lowest BCUT2D eigenvalue weighted by Gasteiger charge is -2.47. The Labute approximate surface area is 193 Å². The Bertz CT molecular complexity index is 1230. The van der Waals surface area contributed by atoms with Crippen molar-refractivity contribution in [3.8, 4) is 11.5 Å². The summed E-state index contributed by atoms with van der Waals surface area (Å²) in [6.45, 7) is 4.79. The molecule has 0 saturated carbocycles. The van der Waals surface area contributed by atoms with E-state index in [0.717, 1.165) is 27.7 Å². The molecular formula is C26H29N3O4. The summed E-state index contributed by atoms with van der Waals surface area (Å²) in [5.41, 5.74) is 3.80. The van der Waals surface area contributed by atoms with Crippen LogP contribution in [-0.2, 0) is 16.0 Å². The highest BCUT2D eigenvalue weighted by atomic mass is 16.5. The van der Waals surface area contributed by atoms with Crippen LogP contribution in [0.2, 0.25) is 0 Å². The molecule has 7 nitrogen and oxygen atoms in total. The lowest BCUT2D eigenvalue weighted by atomic mass is 9.85. The van der Waals surface area contributed by atoms with E-state index in [4.69, 9.17) is 9.47 Å². The molecule has 172 valence electrons. The Morgan fingerprint density at radius 2 is 1.85 bits per heavy atom. The maximum Gasteiger partial charge on any atom is 0.246 e. The molecule has 3 heterocycles. The molecule has 3 aromatic rings. The van der Waals surface area contributed by atoms with E-state index in [-0.39, 0.29) is 24.3 Å². The molecule has 5 rings (SSSR count). The quantitative estimate of drug-likeness (QED) is 0.649. The van der Waals surface area contributed by atoms with Crippen LogP contribution in [0.4, 0.5) is 0 Å². The molecule has 1 aromatic heterocycles. The second kappa shape index (κ2) is 8.14. The first-order valence-electron chi connectivity index (χ1n) is 11.3. The van der Waals surface area contributed by atoms with Crippen molar-refractivity contribution in [2.75, 3.05) is 27.3 Å². The van der Waals surface area contributed by atoms with Gasteiger partial charge in [0.05, 0.1) is 20.8 Å². The number of hydrogen-bond acceptors (Lipinski definition) is 4. The molecule has 1 fully saturated rings. The van der Waals surface area contributed by atoms with E-state index < -0.39 is 12.1 Å². The molecule has 0 bridgehead atoms. The lowest BCUT2D eigenvalue weighted by Crippen LogP contribution is -2.63. The molecule has 33 heavy (non-hydrogen) atoms. The van der Waals surface area contributed by atoms with Gasteiger partial charge >= 0.3 is 0 Å². The fraction of sp³-hybridized carbons (Fsp3) is 0.385. The molecule has 0 aliphatic carbocycles. The van der Waals surface area contributed by atoms with Crippen molar-refractivity contribution in [3.05, 3.63) is 59.3 Å². The molecule has 7 heteroatoms. The van der Waals surface area contributed by atoms with Crippen LogP contribution in [0.5, 0.6) is 11.5 Å². The summed E-state index contributed by atoms with van der Waals surface area (Å²) < 4.78 is 11.3. The molecule has 0 radical (unpaired) electrons. The Balaban J connectivity index is 1.73. The molecular weight excluding hydrogens is 418 g/mol. The third kappa shape index (κ3) is 3.34. The standard InChI is InChI=1S/C26H29N3O4/c1-15(2)13-28-14-22(30)29-20(26(28)31)12-18-16-8-5-6-10-19(16)27-23(18)24(29)17-9-7-11-21(32-3)25(17)33-4/h5-11,15,20,24,27H,12-14H2,1-4H3/t20-,24+/m0/s1. The minimum atomic E-state index is -0.558. The van der Waals surface area contributed by atoms with Gasteiger partial charge in [-0.2, -0.15) is 0 Å². The number of piperazine rings is 1. The van der Waals surface area contributed by atoms with Crippen molar-refractivity contribution >= 4 is 22.7 Å². The first kappa shape index (κ1) is 21.4. The number of nitrogens with one attached hydrogen (secondary N) is 1. The predicted molar refractivity (Wildman–Crippen MR) is 125 cm³/mol. The SMILES string of the molecule is COc1cccc([C@@H]2c3[nH]c4ccccc4c3C[C@H]3C(=O)N(CC(C)C)CC(=O)N23)c1OC. The molecule has 1 N–H and O–H groups in total. The average Bonchev–Trinajstić information content (AvgIpc) is 3.18. The lowest BCUT2D eigenvalue weighted by molar-refractivity contribution is -0.159. The van der Waals surface area contributed by atoms with Gasteiger partial charge in [0.25, 0.3) is 0 Å². The second-order valence-corrected chi connectivity index (χ2v) is 9.18. The number of amides is 2. The van der Waals surface area contributed by atoms with Crippen molar-refractivity contribution in [1.29, 1.82) is 0 Å². The second-order valence-electron chi connectivity index (χ2n) is 9.18. The summed E-state index contributed by atoms with van der Waals surface area (Å²) in [6, 6.07) is 12.7. The van der Waals surface area contributed by atoms with Crippen molar-refractivity contribution in [1.82, 2.24) is 14.8 Å². The van der Waals surface area contributed by atoms with Gasteiger partial charge in [0, 0.05) is 35.1 Å². The van der Waals surface area contributed by atoms with Gasteiger partial charge in [0.15, 0.2) is 11.5 Å². The highest BCUT2D eigenvalue weighted by molar-refractivity contribution is 5.97. The topological polar surface area (TPSA) is 74.9 Å². The number of para-hydroxylation sites is 2. The highest BCUT2D eigenvalue weighted by Crippen LogP contribution is 2.46. The van der Waals surface area contributed by atoms with Crippen LogP contribution in [0.25, 0.3) is 10.9 Å². The van der Waals surface area contributed by atoms with Gasteiger partial charge in [-0.15, -0.1) is 0 Å². The molecule has 2 aliphatic rings. The van der Waals surface area contributed by atoms with E-state index >= 15 is 0 Å². The van der Waals surface area contributed by atoms with Crippen molar-refractivity contribution in [3.63, 3.8) is 0 Å². The maximum absolute atomic E-state index is 13.6. The number of hydrogen-bond donors (Lipinski definition) is 1. The smallest absolute Gasteiger partial charge is 0.246 e. The van der Waals surface area contributed by atoms with Crippen LogP contribution in [0.1, 0.15) is 36.7 Å². The maximum atomic E-state index is 13.6. The Morgan fingerprint density at radius 3 is 2.58 bits per heavy atom. The fourth-order valence-corrected chi connectivity index (χ4v) is 5.37. The third-order valence-corrected chi connectivity index (χ3v) is 6.66. The van der Waals surface area contributed by atoms with E-state index in [9.17, 15) is 9.59 Å². The highest BCUT2D eigenvalue weighted by Gasteiger charge is 2.49. The number of aromatic nitrogens is 1. The zero-order valence-electron chi connectivity index (χ0n) is 19.4. The number of nitrogens with zero attached hydrogens (tertiary/aromatic N) is 2. The van der Waals surface area contributed by atoms with E-state index in [2.05, 4.69) is 24.9 Å². The van der Waals surface area contributed by atoms with Crippen LogP contribution < -0.4 is 9.47 Å². The Kier molecular flexibility index (Phi) is 5.27. The number of carbonyl (C=O) groups excluding carboxylic acids is 2. The van der Waals surface area contributed by atoms with Crippen molar-refractivity contribution < 1.29 is 19.1 Å². The van der Waals surface area contributed by atoms with E-state index in [1.165, 1.54) is 0 Å². The Hall–Kier alpha value is -3.48. The molecule has 2 atom stereocenters. The van der Waals surface area contributed by atoms with Gasteiger partial charge in [-0.3, -0.25) is 9.59 Å². The number of rotatable bonds is 5. The van der Waals surface area contributed by atoms with Crippen LogP contribution >= 0.6 is 0 Å². The predicted octanol–water partition coefficient (Wildman–Crippen LogP) is 3.53. The van der Waals surface area contributed by atoms with E-state index in [1.807, 2.05) is 36.4 Å². The number of carbonyl (C=O) groups is 2. The number of benzene rings is 2. The van der Waals surface area contributed by atoms with Crippen LogP contribution in [0.15, 0.2) is 42.5 Å². The molecule has 0 spiro atoms. The van der Waals surface area contributed by atoms with Gasteiger partial charge in [-0.25, -0.2) is 0 Å². The van der Waals surface area contributed by atoms with Gasteiger partial charge < -0.3 is 24.3 Å². The molecule has 2 aliphatic heterocycles. The summed E-state index contributed by atoms with van der Waals surface area (Å²) in [4.78, 5) is 34.2. The van der Waals surface area contributed by atoms with Gasteiger partial charge in [0.1, 0.15) is 12.1 Å². The summed E-state index contributed by atoms with van der Waals surface area (Å²) >= 11 is 0. The molecule has 2 aromatic carbocycles. The van der Waals surface area contributed by atoms with Gasteiger partial charge in [-0.05, 0) is 23.6 Å². The van der Waals surface area contributed by atoms with Crippen LogP contribution in [0, 0.1) is 5.92 Å². The van der Waals surface area contributed by atoms with E-state index in [0.29, 0.717) is 24.5 Å². The summed E-state index contributed by atoms with van der Waals surface area (Å²) in [7, 11) is 3.19. The minimum absolute atomic E-state index is 0.00564. The molecule has 0 unspecified atom stereocenters. The monoisotopic (exact) mass is 447 g/mol. The normalized spacial score (nSPS) is 20.3. The molecule has 1 saturated heterocycles. The zero-order valence-corrected chi connectivity index (χ0v) is 19.4. The van der Waals surface area contributed by atoms with Crippen LogP contribution in [0.3, 0.4) is 0 Å². The van der Waals surface area contributed by atoms with Gasteiger partial charge in [0.2, 0.25) is 11.8 Å². The molecule has 2 amide bonds. The number of ether oxygens (including phenoxy) is 2. The largest absolute Gasteiger partial charge is 0.493 e. The number of H-pyrrole nitrogens is 1. The third-order valence-electron chi connectivity index (χ3n) is 6.66. The van der Waals surface area contributed by atoms with Gasteiger partial charge in [-0.1, -0.05) is 44.2 Å².